The number of imidazole rings is 1. The molecule has 0 aliphatic rings. The number of hydrogen-bond donors (Lipinski definition) is 2. The fourth-order valence-corrected chi connectivity index (χ4v) is 2.40. The normalized spacial score (nSPS) is 11.0. The molecular weight excluding hydrogens is 266 g/mol. The lowest BCUT2D eigenvalue weighted by Gasteiger charge is -2.06. The van der Waals surface area contributed by atoms with Crippen molar-refractivity contribution in [1.29, 1.82) is 0 Å². The number of aromatic nitrogens is 4. The molecule has 0 saturated heterocycles. The molecule has 0 radical (unpaired) electrons. The van der Waals surface area contributed by atoms with Gasteiger partial charge in [0.15, 0.2) is 0 Å². The van der Waals surface area contributed by atoms with Crippen LogP contribution in [0.25, 0.3) is 5.65 Å². The van der Waals surface area contributed by atoms with Crippen LogP contribution in [0, 0.1) is 13.8 Å². The lowest BCUT2D eigenvalue weighted by atomic mass is 10.1. The molecule has 108 valence electrons. The molecule has 6 nitrogen and oxygen atoms in total. The van der Waals surface area contributed by atoms with Gasteiger partial charge in [-0.25, -0.2) is 4.98 Å². The minimum atomic E-state index is -0.0793. The van der Waals surface area contributed by atoms with Crippen molar-refractivity contribution in [2.45, 2.75) is 20.3 Å². The third-order valence-corrected chi connectivity index (χ3v) is 3.59. The van der Waals surface area contributed by atoms with Crippen LogP contribution in [0.15, 0.2) is 30.7 Å². The molecule has 3 aromatic heterocycles. The van der Waals surface area contributed by atoms with Gasteiger partial charge in [-0.3, -0.25) is 9.89 Å². The first-order valence-electron chi connectivity index (χ1n) is 6.86. The van der Waals surface area contributed by atoms with Gasteiger partial charge in [0, 0.05) is 30.8 Å². The summed E-state index contributed by atoms with van der Waals surface area (Å²) in [4.78, 5) is 16.3. The standard InChI is InChI=1S/C15H17N5O/c1-10-13(11(2)19-18-10)5-6-17-15(21)12-3-4-14-16-7-8-20(14)9-12/h3-4,7-9H,5-6H2,1-2H3,(H,17,21)(H,18,19). The summed E-state index contributed by atoms with van der Waals surface area (Å²) in [7, 11) is 0. The Labute approximate surface area is 122 Å². The monoisotopic (exact) mass is 283 g/mol. The second kappa shape index (κ2) is 5.40. The summed E-state index contributed by atoms with van der Waals surface area (Å²) in [6, 6.07) is 3.62. The molecule has 0 bridgehead atoms. The molecule has 0 aliphatic heterocycles. The van der Waals surface area contributed by atoms with E-state index in [0.717, 1.165) is 23.5 Å². The Hall–Kier alpha value is -2.63. The van der Waals surface area contributed by atoms with E-state index in [9.17, 15) is 4.79 Å². The summed E-state index contributed by atoms with van der Waals surface area (Å²) in [5.41, 5.74) is 4.67. The third kappa shape index (κ3) is 2.65. The van der Waals surface area contributed by atoms with Crippen molar-refractivity contribution < 1.29 is 4.79 Å². The summed E-state index contributed by atoms with van der Waals surface area (Å²) < 4.78 is 1.83. The minimum absolute atomic E-state index is 0.0793. The summed E-state index contributed by atoms with van der Waals surface area (Å²) in [5.74, 6) is -0.0793. The first-order chi connectivity index (χ1) is 10.1. The van der Waals surface area contributed by atoms with Crippen LogP contribution in [0.4, 0.5) is 0 Å². The first-order valence-corrected chi connectivity index (χ1v) is 6.86. The Kier molecular flexibility index (Phi) is 3.43. The topological polar surface area (TPSA) is 75.1 Å². The van der Waals surface area contributed by atoms with E-state index in [1.807, 2.05) is 30.5 Å². The quantitative estimate of drug-likeness (QED) is 0.764. The molecular formula is C15H17N5O. The predicted octanol–water partition coefficient (Wildman–Crippen LogP) is 1.65. The van der Waals surface area contributed by atoms with Crippen LogP contribution in [0.2, 0.25) is 0 Å². The molecule has 6 heteroatoms. The van der Waals surface area contributed by atoms with Crippen LogP contribution in [0.5, 0.6) is 0 Å². The fourth-order valence-electron chi connectivity index (χ4n) is 2.40. The zero-order valence-corrected chi connectivity index (χ0v) is 12.1. The molecule has 3 heterocycles. The minimum Gasteiger partial charge on any atom is -0.352 e. The van der Waals surface area contributed by atoms with Gasteiger partial charge in [0.05, 0.1) is 11.3 Å². The largest absolute Gasteiger partial charge is 0.352 e. The lowest BCUT2D eigenvalue weighted by Crippen LogP contribution is -2.26. The lowest BCUT2D eigenvalue weighted by molar-refractivity contribution is 0.0953. The van der Waals surface area contributed by atoms with Crippen LogP contribution in [-0.4, -0.2) is 32.0 Å². The molecule has 3 aromatic rings. The number of nitrogens with zero attached hydrogens (tertiary/aromatic N) is 3. The Balaban J connectivity index is 1.63. The molecule has 0 aliphatic carbocycles. The maximum atomic E-state index is 12.1. The Morgan fingerprint density at radius 2 is 2.24 bits per heavy atom. The van der Waals surface area contributed by atoms with Gasteiger partial charge in [-0.05, 0) is 38.0 Å². The van der Waals surface area contributed by atoms with Crippen molar-refractivity contribution in [2.24, 2.45) is 0 Å². The van der Waals surface area contributed by atoms with Gasteiger partial charge in [0.1, 0.15) is 5.65 Å². The highest BCUT2D eigenvalue weighted by Gasteiger charge is 2.09. The average molecular weight is 283 g/mol. The van der Waals surface area contributed by atoms with Gasteiger partial charge in [0.2, 0.25) is 0 Å². The van der Waals surface area contributed by atoms with Crippen molar-refractivity contribution in [3.63, 3.8) is 0 Å². The van der Waals surface area contributed by atoms with E-state index in [-0.39, 0.29) is 5.91 Å². The summed E-state index contributed by atoms with van der Waals surface area (Å²) in [6.07, 6.45) is 6.09. The molecule has 0 atom stereocenters. The van der Waals surface area contributed by atoms with Crippen LogP contribution >= 0.6 is 0 Å². The Morgan fingerprint density at radius 1 is 1.38 bits per heavy atom. The number of H-pyrrole nitrogens is 1. The zero-order chi connectivity index (χ0) is 14.8. The summed E-state index contributed by atoms with van der Waals surface area (Å²) >= 11 is 0. The highest BCUT2D eigenvalue weighted by Crippen LogP contribution is 2.09. The number of rotatable bonds is 4. The van der Waals surface area contributed by atoms with E-state index in [0.29, 0.717) is 12.1 Å². The number of carbonyl (C=O) groups excluding carboxylic acids is 1. The van der Waals surface area contributed by atoms with E-state index in [2.05, 4.69) is 20.5 Å². The number of nitrogens with one attached hydrogen (secondary N) is 2. The summed E-state index contributed by atoms with van der Waals surface area (Å²) in [5, 5.41) is 10.0. The zero-order valence-electron chi connectivity index (χ0n) is 12.1. The van der Waals surface area contributed by atoms with Gasteiger partial charge in [-0.15, -0.1) is 0 Å². The molecule has 0 unspecified atom stereocenters. The van der Waals surface area contributed by atoms with Gasteiger partial charge < -0.3 is 9.72 Å². The van der Waals surface area contributed by atoms with Crippen molar-refractivity contribution in [2.75, 3.05) is 6.54 Å². The number of pyridine rings is 1. The highest BCUT2D eigenvalue weighted by molar-refractivity contribution is 5.94. The van der Waals surface area contributed by atoms with Crippen molar-refractivity contribution in [1.82, 2.24) is 24.9 Å². The van der Waals surface area contributed by atoms with Crippen LogP contribution in [0.1, 0.15) is 27.3 Å². The first kappa shape index (κ1) is 13.4. The molecule has 0 fully saturated rings. The van der Waals surface area contributed by atoms with E-state index >= 15 is 0 Å². The molecule has 2 N–H and O–H groups in total. The van der Waals surface area contributed by atoms with E-state index in [1.54, 1.807) is 18.5 Å². The molecule has 0 saturated carbocycles. The molecule has 3 rings (SSSR count). The number of hydrogen-bond acceptors (Lipinski definition) is 3. The third-order valence-electron chi connectivity index (χ3n) is 3.59. The smallest absolute Gasteiger partial charge is 0.252 e. The van der Waals surface area contributed by atoms with Crippen LogP contribution in [0.3, 0.4) is 0 Å². The van der Waals surface area contributed by atoms with Crippen LogP contribution < -0.4 is 5.32 Å². The average Bonchev–Trinajstić information content (AvgIpc) is 3.07. The summed E-state index contributed by atoms with van der Waals surface area (Å²) in [6.45, 7) is 4.54. The fraction of sp³-hybridized carbons (Fsp3) is 0.267. The number of aryl methyl sites for hydroxylation is 2. The van der Waals surface area contributed by atoms with Gasteiger partial charge >= 0.3 is 0 Å². The SMILES string of the molecule is Cc1n[nH]c(C)c1CCNC(=O)c1ccc2nccn2c1. The van der Waals surface area contributed by atoms with E-state index in [4.69, 9.17) is 0 Å². The van der Waals surface area contributed by atoms with Crippen molar-refractivity contribution >= 4 is 11.6 Å². The highest BCUT2D eigenvalue weighted by atomic mass is 16.1. The maximum absolute atomic E-state index is 12.1. The number of aromatic amines is 1. The van der Waals surface area contributed by atoms with E-state index < -0.39 is 0 Å². The Morgan fingerprint density at radius 3 is 3.00 bits per heavy atom. The van der Waals surface area contributed by atoms with Crippen molar-refractivity contribution in [3.05, 3.63) is 53.2 Å². The second-order valence-electron chi connectivity index (χ2n) is 5.03. The number of carbonyl (C=O) groups is 1. The molecule has 1 amide bonds. The molecule has 0 aromatic carbocycles. The van der Waals surface area contributed by atoms with Gasteiger partial charge in [0.25, 0.3) is 5.91 Å². The maximum Gasteiger partial charge on any atom is 0.252 e. The second-order valence-corrected chi connectivity index (χ2v) is 5.03. The van der Waals surface area contributed by atoms with E-state index in [1.165, 1.54) is 5.56 Å². The Bertz CT molecular complexity index is 767. The predicted molar refractivity (Wildman–Crippen MR) is 79.3 cm³/mol. The number of fused-ring (bicyclic) bond motifs is 1. The number of amides is 1. The van der Waals surface area contributed by atoms with Gasteiger partial charge in [-0.1, -0.05) is 0 Å². The molecule has 21 heavy (non-hydrogen) atoms. The van der Waals surface area contributed by atoms with Crippen LogP contribution in [-0.2, 0) is 6.42 Å². The van der Waals surface area contributed by atoms with Crippen molar-refractivity contribution in [3.8, 4) is 0 Å². The van der Waals surface area contributed by atoms with Gasteiger partial charge in [-0.2, -0.15) is 5.10 Å². The molecule has 0 spiro atoms.